The van der Waals surface area contributed by atoms with E-state index in [4.69, 9.17) is 27.9 Å². The van der Waals surface area contributed by atoms with Crippen molar-refractivity contribution in [3.05, 3.63) is 99.7 Å². The van der Waals surface area contributed by atoms with E-state index >= 15 is 0 Å². The van der Waals surface area contributed by atoms with Crippen LogP contribution in [0.15, 0.2) is 78.5 Å². The Balaban J connectivity index is 1.81. The minimum Gasteiger partial charge on any atom is -0.481 e. The molecule has 144 valence electrons. The van der Waals surface area contributed by atoms with Crippen LogP contribution < -0.4 is 9.64 Å². The van der Waals surface area contributed by atoms with Gasteiger partial charge in [0.1, 0.15) is 0 Å². The summed E-state index contributed by atoms with van der Waals surface area (Å²) in [6, 6.07) is 18.4. The lowest BCUT2D eigenvalue weighted by molar-refractivity contribution is -0.113. The van der Waals surface area contributed by atoms with Crippen LogP contribution in [0.3, 0.4) is 0 Å². The van der Waals surface area contributed by atoms with Crippen molar-refractivity contribution in [3.63, 3.8) is 0 Å². The molecule has 4 nitrogen and oxygen atoms in total. The minimum absolute atomic E-state index is 0.165. The Morgan fingerprint density at radius 2 is 1.83 bits per heavy atom. The third-order valence-electron chi connectivity index (χ3n) is 4.51. The first-order chi connectivity index (χ1) is 14.1. The maximum absolute atomic E-state index is 13.3. The quantitative estimate of drug-likeness (QED) is 0.493. The van der Waals surface area contributed by atoms with E-state index in [0.29, 0.717) is 27.2 Å². The van der Waals surface area contributed by atoms with Gasteiger partial charge in [0.2, 0.25) is 5.88 Å². The Bertz CT molecular complexity index is 1120. The Morgan fingerprint density at radius 1 is 1.03 bits per heavy atom. The number of carbonyl (C=O) groups is 1. The average molecular weight is 423 g/mol. The van der Waals surface area contributed by atoms with Gasteiger partial charge in [0, 0.05) is 21.7 Å². The summed E-state index contributed by atoms with van der Waals surface area (Å²) < 4.78 is 5.13. The van der Waals surface area contributed by atoms with E-state index in [9.17, 15) is 4.79 Å². The Morgan fingerprint density at radius 3 is 2.48 bits per heavy atom. The summed E-state index contributed by atoms with van der Waals surface area (Å²) in [6.07, 6.45) is 5.24. The average Bonchev–Trinajstić information content (AvgIpc) is 3.07. The van der Waals surface area contributed by atoms with Gasteiger partial charge in [-0.15, -0.1) is 0 Å². The fourth-order valence-electron chi connectivity index (χ4n) is 3.10. The highest BCUT2D eigenvalue weighted by Gasteiger charge is 2.30. The highest BCUT2D eigenvalue weighted by atomic mass is 35.5. The SMILES string of the molecule is COc1ccc(N2C(=O)/C(=C/c3ccc(Cl)cc3Cl)C=C2c2ccccc2)cn1. The molecule has 0 unspecified atom stereocenters. The molecule has 4 rings (SSSR count). The number of hydrogen-bond donors (Lipinski definition) is 0. The predicted molar refractivity (Wildman–Crippen MR) is 117 cm³/mol. The molecule has 0 N–H and O–H groups in total. The molecule has 6 heteroatoms. The zero-order valence-corrected chi connectivity index (χ0v) is 17.0. The van der Waals surface area contributed by atoms with Crippen LogP contribution in [0.4, 0.5) is 5.69 Å². The van der Waals surface area contributed by atoms with Crippen molar-refractivity contribution in [3.8, 4) is 5.88 Å². The third kappa shape index (κ3) is 3.90. The molecule has 0 radical (unpaired) electrons. The molecular weight excluding hydrogens is 407 g/mol. The topological polar surface area (TPSA) is 42.4 Å². The molecule has 0 spiro atoms. The molecular formula is C23H16Cl2N2O2. The molecule has 0 saturated carbocycles. The van der Waals surface area contributed by atoms with Crippen molar-refractivity contribution in [1.82, 2.24) is 4.98 Å². The number of pyridine rings is 1. The van der Waals surface area contributed by atoms with Crippen LogP contribution in [0.25, 0.3) is 11.8 Å². The number of benzene rings is 2. The van der Waals surface area contributed by atoms with Gasteiger partial charge in [-0.05, 0) is 41.5 Å². The number of aromatic nitrogens is 1. The van der Waals surface area contributed by atoms with E-state index < -0.39 is 0 Å². The minimum atomic E-state index is -0.165. The molecule has 3 aromatic rings. The number of carbonyl (C=O) groups excluding carboxylic acids is 1. The summed E-state index contributed by atoms with van der Waals surface area (Å²) in [5.74, 6) is 0.316. The molecule has 1 amide bonds. The lowest BCUT2D eigenvalue weighted by atomic mass is 10.1. The van der Waals surface area contributed by atoms with Crippen LogP contribution in [0.1, 0.15) is 11.1 Å². The van der Waals surface area contributed by atoms with Crippen LogP contribution in [-0.2, 0) is 4.79 Å². The lowest BCUT2D eigenvalue weighted by Crippen LogP contribution is -2.25. The number of amides is 1. The van der Waals surface area contributed by atoms with E-state index in [0.717, 1.165) is 16.8 Å². The molecule has 0 bridgehead atoms. The van der Waals surface area contributed by atoms with E-state index in [1.807, 2.05) is 36.4 Å². The molecule has 1 aromatic heterocycles. The summed E-state index contributed by atoms with van der Waals surface area (Å²) >= 11 is 12.3. The fourth-order valence-corrected chi connectivity index (χ4v) is 3.57. The maximum Gasteiger partial charge on any atom is 0.263 e. The van der Waals surface area contributed by atoms with Gasteiger partial charge >= 0.3 is 0 Å². The molecule has 0 atom stereocenters. The van der Waals surface area contributed by atoms with Crippen molar-refractivity contribution < 1.29 is 9.53 Å². The van der Waals surface area contributed by atoms with Crippen molar-refractivity contribution in [2.75, 3.05) is 12.0 Å². The zero-order valence-electron chi connectivity index (χ0n) is 15.5. The second-order valence-electron chi connectivity index (χ2n) is 6.36. The Kier molecular flexibility index (Phi) is 5.38. The van der Waals surface area contributed by atoms with Crippen LogP contribution in [0.5, 0.6) is 5.88 Å². The number of methoxy groups -OCH3 is 1. The van der Waals surface area contributed by atoms with Gasteiger partial charge in [0.15, 0.2) is 0 Å². The first kappa shape index (κ1) is 19.2. The molecule has 1 aliphatic heterocycles. The fraction of sp³-hybridized carbons (Fsp3) is 0.0435. The van der Waals surface area contributed by atoms with Gasteiger partial charge in [0.25, 0.3) is 5.91 Å². The van der Waals surface area contributed by atoms with Crippen LogP contribution in [0, 0.1) is 0 Å². The largest absolute Gasteiger partial charge is 0.481 e. The van der Waals surface area contributed by atoms with Crippen molar-refractivity contribution >= 4 is 46.6 Å². The third-order valence-corrected chi connectivity index (χ3v) is 5.08. The van der Waals surface area contributed by atoms with Gasteiger partial charge in [-0.1, -0.05) is 59.6 Å². The molecule has 0 fully saturated rings. The lowest BCUT2D eigenvalue weighted by Gasteiger charge is -2.20. The summed E-state index contributed by atoms with van der Waals surface area (Å²) in [5.41, 5.74) is 3.57. The summed E-state index contributed by atoms with van der Waals surface area (Å²) in [5, 5.41) is 1.03. The van der Waals surface area contributed by atoms with Gasteiger partial charge in [-0.3, -0.25) is 9.69 Å². The van der Waals surface area contributed by atoms with Crippen molar-refractivity contribution in [2.45, 2.75) is 0 Å². The Labute approximate surface area is 178 Å². The van der Waals surface area contributed by atoms with Crippen LogP contribution in [-0.4, -0.2) is 18.0 Å². The summed E-state index contributed by atoms with van der Waals surface area (Å²) in [7, 11) is 1.55. The van der Waals surface area contributed by atoms with Crippen molar-refractivity contribution in [2.24, 2.45) is 0 Å². The van der Waals surface area contributed by atoms with Crippen LogP contribution in [0.2, 0.25) is 10.0 Å². The zero-order chi connectivity index (χ0) is 20.4. The number of halogens is 2. The smallest absolute Gasteiger partial charge is 0.263 e. The van der Waals surface area contributed by atoms with Crippen LogP contribution >= 0.6 is 23.2 Å². The second-order valence-corrected chi connectivity index (χ2v) is 7.20. The standard InChI is InChI=1S/C23H16Cl2N2O2/c1-29-22-10-9-19(14-26-22)27-21(15-5-3-2-4-6-15)12-17(23(27)28)11-16-7-8-18(24)13-20(16)25/h2-14H,1H3/b17-11+. The number of rotatable bonds is 4. The monoisotopic (exact) mass is 422 g/mol. The van der Waals surface area contributed by atoms with Gasteiger partial charge in [-0.25, -0.2) is 4.98 Å². The van der Waals surface area contributed by atoms with E-state index in [1.165, 1.54) is 0 Å². The normalized spacial score (nSPS) is 15.0. The Hall–Kier alpha value is -3.08. The van der Waals surface area contributed by atoms with Gasteiger partial charge in [0.05, 0.1) is 24.7 Å². The second kappa shape index (κ2) is 8.11. The highest BCUT2D eigenvalue weighted by molar-refractivity contribution is 6.35. The molecule has 2 aromatic carbocycles. The molecule has 0 aliphatic carbocycles. The first-order valence-electron chi connectivity index (χ1n) is 8.85. The van der Waals surface area contributed by atoms with E-state index in [1.54, 1.807) is 54.6 Å². The van der Waals surface area contributed by atoms with Gasteiger partial charge < -0.3 is 4.74 Å². The van der Waals surface area contributed by atoms with E-state index in [2.05, 4.69) is 4.98 Å². The van der Waals surface area contributed by atoms with E-state index in [-0.39, 0.29) is 5.91 Å². The number of anilines is 1. The van der Waals surface area contributed by atoms with Crippen molar-refractivity contribution in [1.29, 1.82) is 0 Å². The highest BCUT2D eigenvalue weighted by Crippen LogP contribution is 2.36. The maximum atomic E-state index is 13.3. The summed E-state index contributed by atoms with van der Waals surface area (Å²) in [6.45, 7) is 0. The molecule has 29 heavy (non-hydrogen) atoms. The molecule has 2 heterocycles. The molecule has 0 saturated heterocycles. The predicted octanol–water partition coefficient (Wildman–Crippen LogP) is 5.87. The number of ether oxygens (including phenoxy) is 1. The summed E-state index contributed by atoms with van der Waals surface area (Å²) in [4.78, 5) is 19.2. The molecule has 1 aliphatic rings. The van der Waals surface area contributed by atoms with Gasteiger partial charge in [-0.2, -0.15) is 0 Å². The number of hydrogen-bond acceptors (Lipinski definition) is 3. The number of nitrogens with zero attached hydrogens (tertiary/aromatic N) is 2. The first-order valence-corrected chi connectivity index (χ1v) is 9.61.